The summed E-state index contributed by atoms with van der Waals surface area (Å²) in [4.78, 5) is 11.2. The predicted molar refractivity (Wildman–Crippen MR) is 73.7 cm³/mol. The van der Waals surface area contributed by atoms with Gasteiger partial charge in [0.2, 0.25) is 0 Å². The Balaban J connectivity index is 2.49. The van der Waals surface area contributed by atoms with Gasteiger partial charge in [-0.2, -0.15) is 13.2 Å². The molecular formula is C15H20F3NO2. The number of benzene rings is 1. The molecule has 118 valence electrons. The molecule has 0 heterocycles. The van der Waals surface area contributed by atoms with Crippen molar-refractivity contribution < 1.29 is 22.7 Å². The van der Waals surface area contributed by atoms with E-state index in [1.807, 2.05) is 0 Å². The van der Waals surface area contributed by atoms with Crippen LogP contribution in [0.25, 0.3) is 0 Å². The van der Waals surface area contributed by atoms with E-state index in [4.69, 9.17) is 4.74 Å². The Kier molecular flexibility index (Phi) is 7.22. The molecule has 0 fully saturated rings. The molecule has 0 radical (unpaired) electrons. The highest BCUT2D eigenvalue weighted by molar-refractivity contribution is 5.69. The fourth-order valence-electron chi connectivity index (χ4n) is 1.97. The van der Waals surface area contributed by atoms with Crippen molar-refractivity contribution in [2.24, 2.45) is 0 Å². The lowest BCUT2D eigenvalue weighted by atomic mass is 10.0. The maximum atomic E-state index is 12.6. The molecule has 21 heavy (non-hydrogen) atoms. The minimum absolute atomic E-state index is 0.203. The van der Waals surface area contributed by atoms with Gasteiger partial charge in [-0.25, -0.2) is 0 Å². The molecule has 3 nitrogen and oxygen atoms in total. The van der Waals surface area contributed by atoms with Gasteiger partial charge in [-0.05, 0) is 25.5 Å². The fourth-order valence-corrected chi connectivity index (χ4v) is 1.97. The summed E-state index contributed by atoms with van der Waals surface area (Å²) in [5.74, 6) is -0.327. The van der Waals surface area contributed by atoms with Gasteiger partial charge >= 0.3 is 12.1 Å². The molecule has 1 aromatic carbocycles. The average Bonchev–Trinajstić information content (AvgIpc) is 2.42. The Labute approximate surface area is 122 Å². The number of esters is 1. The number of carbonyl (C=O) groups is 1. The van der Waals surface area contributed by atoms with Gasteiger partial charge < -0.3 is 10.1 Å². The first-order valence-electron chi connectivity index (χ1n) is 6.93. The van der Waals surface area contributed by atoms with Crippen LogP contribution in [0.5, 0.6) is 0 Å². The maximum absolute atomic E-state index is 12.6. The van der Waals surface area contributed by atoms with Crippen LogP contribution >= 0.6 is 0 Å². The van der Waals surface area contributed by atoms with Gasteiger partial charge in [0.15, 0.2) is 0 Å². The van der Waals surface area contributed by atoms with E-state index in [0.717, 1.165) is 0 Å². The van der Waals surface area contributed by atoms with E-state index in [1.54, 1.807) is 37.3 Å². The van der Waals surface area contributed by atoms with Crippen LogP contribution in [0.15, 0.2) is 30.3 Å². The van der Waals surface area contributed by atoms with E-state index in [0.29, 0.717) is 25.1 Å². The molecule has 0 aromatic heterocycles. The summed E-state index contributed by atoms with van der Waals surface area (Å²) in [7, 11) is 0. The standard InChI is InChI=1S/C15H20F3NO2/c1-2-21-14(20)9-6-10-19-13(11-15(16,17)18)12-7-4-3-5-8-12/h3-5,7-8,13,19H,2,6,9-11H2,1H3. The van der Waals surface area contributed by atoms with Crippen molar-refractivity contribution in [3.63, 3.8) is 0 Å². The molecular weight excluding hydrogens is 283 g/mol. The van der Waals surface area contributed by atoms with Crippen molar-refractivity contribution in [3.8, 4) is 0 Å². The van der Waals surface area contributed by atoms with Gasteiger partial charge in [-0.3, -0.25) is 4.79 Å². The molecule has 0 aliphatic rings. The lowest BCUT2D eigenvalue weighted by molar-refractivity contribution is -0.144. The highest BCUT2D eigenvalue weighted by atomic mass is 19.4. The molecule has 0 aliphatic carbocycles. The summed E-state index contributed by atoms with van der Waals surface area (Å²) >= 11 is 0. The first-order valence-corrected chi connectivity index (χ1v) is 6.93. The number of halogens is 3. The second-order valence-corrected chi connectivity index (χ2v) is 4.65. The van der Waals surface area contributed by atoms with Crippen molar-refractivity contribution in [1.82, 2.24) is 5.32 Å². The number of rotatable bonds is 8. The van der Waals surface area contributed by atoms with Crippen LogP contribution in [0.3, 0.4) is 0 Å². The summed E-state index contributed by atoms with van der Waals surface area (Å²) in [5.41, 5.74) is 0.589. The monoisotopic (exact) mass is 303 g/mol. The van der Waals surface area contributed by atoms with Crippen LogP contribution < -0.4 is 5.32 Å². The normalized spacial score (nSPS) is 13.0. The van der Waals surface area contributed by atoms with Crippen LogP contribution in [0.2, 0.25) is 0 Å². The first-order chi connectivity index (χ1) is 9.92. The third-order valence-electron chi connectivity index (χ3n) is 2.89. The van der Waals surface area contributed by atoms with Crippen LogP contribution in [0, 0.1) is 0 Å². The molecule has 0 bridgehead atoms. The minimum atomic E-state index is -4.24. The molecule has 6 heteroatoms. The fraction of sp³-hybridized carbons (Fsp3) is 0.533. The molecule has 0 aliphatic heterocycles. The number of nitrogens with one attached hydrogen (secondary N) is 1. The van der Waals surface area contributed by atoms with E-state index in [-0.39, 0.29) is 12.4 Å². The lowest BCUT2D eigenvalue weighted by Gasteiger charge is -2.20. The Bertz CT molecular complexity index is 421. The van der Waals surface area contributed by atoms with E-state index in [1.165, 1.54) is 0 Å². The van der Waals surface area contributed by atoms with Crippen LogP contribution in [0.1, 0.15) is 37.8 Å². The van der Waals surface area contributed by atoms with Crippen molar-refractivity contribution >= 4 is 5.97 Å². The molecule has 0 spiro atoms. The van der Waals surface area contributed by atoms with Crippen molar-refractivity contribution in [1.29, 1.82) is 0 Å². The van der Waals surface area contributed by atoms with E-state index >= 15 is 0 Å². The summed E-state index contributed by atoms with van der Waals surface area (Å²) in [6, 6.07) is 7.70. The van der Waals surface area contributed by atoms with E-state index in [2.05, 4.69) is 5.32 Å². The number of ether oxygens (including phenoxy) is 1. The predicted octanol–water partition coefficient (Wildman–Crippen LogP) is 3.61. The smallest absolute Gasteiger partial charge is 0.390 e. The van der Waals surface area contributed by atoms with E-state index in [9.17, 15) is 18.0 Å². The van der Waals surface area contributed by atoms with Gasteiger partial charge in [0.05, 0.1) is 13.0 Å². The Morgan fingerprint density at radius 3 is 2.52 bits per heavy atom. The van der Waals surface area contributed by atoms with Gasteiger partial charge in [0.25, 0.3) is 0 Å². The summed E-state index contributed by atoms with van der Waals surface area (Å²) in [5, 5.41) is 2.86. The summed E-state index contributed by atoms with van der Waals surface area (Å²) < 4.78 is 42.6. The van der Waals surface area contributed by atoms with Crippen molar-refractivity contribution in [3.05, 3.63) is 35.9 Å². The Hall–Kier alpha value is -1.56. The molecule has 0 saturated carbocycles. The molecule has 1 rings (SSSR count). The molecule has 1 N–H and O–H groups in total. The Morgan fingerprint density at radius 2 is 1.95 bits per heavy atom. The highest BCUT2D eigenvalue weighted by Crippen LogP contribution is 2.29. The largest absolute Gasteiger partial charge is 0.466 e. The van der Waals surface area contributed by atoms with Crippen LogP contribution in [-0.2, 0) is 9.53 Å². The topological polar surface area (TPSA) is 38.3 Å². The lowest BCUT2D eigenvalue weighted by Crippen LogP contribution is -2.28. The van der Waals surface area contributed by atoms with Gasteiger partial charge in [0, 0.05) is 12.5 Å². The molecule has 1 unspecified atom stereocenters. The van der Waals surface area contributed by atoms with E-state index < -0.39 is 18.6 Å². The Morgan fingerprint density at radius 1 is 1.29 bits per heavy atom. The third-order valence-corrected chi connectivity index (χ3v) is 2.89. The minimum Gasteiger partial charge on any atom is -0.466 e. The summed E-state index contributed by atoms with van der Waals surface area (Å²) in [6.07, 6.45) is -4.53. The number of hydrogen-bond donors (Lipinski definition) is 1. The SMILES string of the molecule is CCOC(=O)CCCNC(CC(F)(F)F)c1ccccc1. The zero-order valence-corrected chi connectivity index (χ0v) is 12.0. The quantitative estimate of drug-likeness (QED) is 0.589. The van der Waals surface area contributed by atoms with Gasteiger partial charge in [0.1, 0.15) is 0 Å². The summed E-state index contributed by atoms with van der Waals surface area (Å²) in [6.45, 7) is 2.35. The highest BCUT2D eigenvalue weighted by Gasteiger charge is 2.32. The van der Waals surface area contributed by atoms with Gasteiger partial charge in [-0.1, -0.05) is 30.3 Å². The number of carbonyl (C=O) groups excluding carboxylic acids is 1. The first kappa shape index (κ1) is 17.5. The third kappa shape index (κ3) is 7.70. The number of alkyl halides is 3. The van der Waals surface area contributed by atoms with Crippen molar-refractivity contribution in [2.45, 2.75) is 38.4 Å². The molecule has 0 saturated heterocycles. The molecule has 1 aromatic rings. The van der Waals surface area contributed by atoms with Gasteiger partial charge in [-0.15, -0.1) is 0 Å². The second kappa shape index (κ2) is 8.67. The molecule has 1 atom stereocenters. The number of hydrogen-bond acceptors (Lipinski definition) is 3. The van der Waals surface area contributed by atoms with Crippen LogP contribution in [-0.4, -0.2) is 25.3 Å². The molecule has 0 amide bonds. The maximum Gasteiger partial charge on any atom is 0.390 e. The second-order valence-electron chi connectivity index (χ2n) is 4.65. The zero-order valence-electron chi connectivity index (χ0n) is 12.0. The van der Waals surface area contributed by atoms with Crippen molar-refractivity contribution in [2.75, 3.05) is 13.2 Å². The average molecular weight is 303 g/mol. The van der Waals surface area contributed by atoms with Crippen LogP contribution in [0.4, 0.5) is 13.2 Å². The zero-order chi connectivity index (χ0) is 15.7.